The minimum Gasteiger partial charge on any atom is -0.374 e. The molecule has 0 aromatic heterocycles. The Kier molecular flexibility index (Phi) is 5.27. The summed E-state index contributed by atoms with van der Waals surface area (Å²) in [4.78, 5) is 0. The van der Waals surface area contributed by atoms with Crippen LogP contribution in [0.4, 0.5) is 0 Å². The van der Waals surface area contributed by atoms with Crippen molar-refractivity contribution in [1.82, 2.24) is 5.32 Å². The largest absolute Gasteiger partial charge is 0.374 e. The van der Waals surface area contributed by atoms with E-state index in [2.05, 4.69) is 24.4 Å². The third-order valence-electron chi connectivity index (χ3n) is 2.18. The summed E-state index contributed by atoms with van der Waals surface area (Å²) in [6, 6.07) is 10.3. The Morgan fingerprint density at radius 2 is 2.00 bits per heavy atom. The molecule has 1 aromatic carbocycles. The van der Waals surface area contributed by atoms with Crippen LogP contribution in [-0.2, 0) is 11.3 Å². The van der Waals surface area contributed by atoms with Crippen molar-refractivity contribution in [3.05, 3.63) is 35.9 Å². The second-order valence-electron chi connectivity index (χ2n) is 3.50. The average molecular weight is 193 g/mol. The van der Waals surface area contributed by atoms with Gasteiger partial charge in [-0.15, -0.1) is 0 Å². The molecule has 0 spiro atoms. The number of hydrogen-bond donors (Lipinski definition) is 1. The van der Waals surface area contributed by atoms with Crippen LogP contribution in [0, 0.1) is 0 Å². The molecule has 0 radical (unpaired) electrons. The zero-order chi connectivity index (χ0) is 10.2. The van der Waals surface area contributed by atoms with E-state index in [0.717, 1.165) is 13.0 Å². The normalized spacial score (nSPS) is 12.7. The monoisotopic (exact) mass is 193 g/mol. The van der Waals surface area contributed by atoms with Crippen LogP contribution in [0.3, 0.4) is 0 Å². The van der Waals surface area contributed by atoms with Gasteiger partial charge >= 0.3 is 0 Å². The van der Waals surface area contributed by atoms with Gasteiger partial charge in [-0.3, -0.25) is 0 Å². The van der Waals surface area contributed by atoms with Crippen molar-refractivity contribution in [3.63, 3.8) is 0 Å². The van der Waals surface area contributed by atoms with E-state index in [1.54, 1.807) is 0 Å². The molecule has 0 fully saturated rings. The highest BCUT2D eigenvalue weighted by molar-refractivity contribution is 5.13. The van der Waals surface area contributed by atoms with Crippen LogP contribution in [0.15, 0.2) is 30.3 Å². The summed E-state index contributed by atoms with van der Waals surface area (Å²) in [6.07, 6.45) is 1.38. The summed E-state index contributed by atoms with van der Waals surface area (Å²) in [7, 11) is 1.96. The highest BCUT2D eigenvalue weighted by atomic mass is 16.5. The number of ether oxygens (including phenoxy) is 1. The topological polar surface area (TPSA) is 21.3 Å². The summed E-state index contributed by atoms with van der Waals surface area (Å²) < 4.78 is 5.69. The molecule has 2 nitrogen and oxygen atoms in total. The van der Waals surface area contributed by atoms with Crippen LogP contribution in [0.25, 0.3) is 0 Å². The number of rotatable bonds is 6. The molecule has 0 aliphatic carbocycles. The molecule has 1 unspecified atom stereocenters. The molecule has 1 aromatic rings. The molecule has 0 bridgehead atoms. The smallest absolute Gasteiger partial charge is 0.0720 e. The summed E-state index contributed by atoms with van der Waals surface area (Å²) >= 11 is 0. The van der Waals surface area contributed by atoms with Crippen molar-refractivity contribution in [2.45, 2.75) is 26.1 Å². The molecule has 0 saturated carbocycles. The van der Waals surface area contributed by atoms with Crippen molar-refractivity contribution >= 4 is 0 Å². The first-order chi connectivity index (χ1) is 6.83. The Morgan fingerprint density at radius 3 is 2.64 bits per heavy atom. The minimum absolute atomic E-state index is 0.322. The highest BCUT2D eigenvalue weighted by Gasteiger charge is 2.00. The van der Waals surface area contributed by atoms with Crippen molar-refractivity contribution in [3.8, 4) is 0 Å². The van der Waals surface area contributed by atoms with Gasteiger partial charge in [0.2, 0.25) is 0 Å². The predicted molar refractivity (Wildman–Crippen MR) is 59.2 cm³/mol. The molecule has 1 atom stereocenters. The zero-order valence-corrected chi connectivity index (χ0v) is 8.99. The first-order valence-electron chi connectivity index (χ1n) is 5.13. The van der Waals surface area contributed by atoms with Gasteiger partial charge in [-0.05, 0) is 32.5 Å². The first kappa shape index (κ1) is 11.2. The maximum Gasteiger partial charge on any atom is 0.0720 e. The minimum atomic E-state index is 0.322. The summed E-state index contributed by atoms with van der Waals surface area (Å²) in [5, 5.41) is 3.12. The van der Waals surface area contributed by atoms with Gasteiger partial charge in [0.25, 0.3) is 0 Å². The zero-order valence-electron chi connectivity index (χ0n) is 8.99. The van der Waals surface area contributed by atoms with E-state index in [-0.39, 0.29) is 0 Å². The van der Waals surface area contributed by atoms with Crippen LogP contribution in [-0.4, -0.2) is 19.7 Å². The molecule has 0 heterocycles. The molecular weight excluding hydrogens is 174 g/mol. The van der Waals surface area contributed by atoms with Gasteiger partial charge in [0.15, 0.2) is 0 Å². The van der Waals surface area contributed by atoms with Gasteiger partial charge in [-0.25, -0.2) is 0 Å². The maximum absolute atomic E-state index is 5.69. The molecule has 0 saturated heterocycles. The maximum atomic E-state index is 5.69. The van der Waals surface area contributed by atoms with E-state index in [9.17, 15) is 0 Å². The third-order valence-corrected chi connectivity index (χ3v) is 2.18. The quantitative estimate of drug-likeness (QED) is 0.748. The third kappa shape index (κ3) is 4.40. The fourth-order valence-corrected chi connectivity index (χ4v) is 1.24. The van der Waals surface area contributed by atoms with Gasteiger partial charge in [-0.2, -0.15) is 0 Å². The SMILES string of the molecule is CNCCC(C)OCc1ccccc1. The second-order valence-corrected chi connectivity index (χ2v) is 3.50. The predicted octanol–water partition coefficient (Wildman–Crippen LogP) is 2.20. The first-order valence-corrected chi connectivity index (χ1v) is 5.13. The molecule has 14 heavy (non-hydrogen) atoms. The number of benzene rings is 1. The summed E-state index contributed by atoms with van der Waals surface area (Å²) in [6.45, 7) is 3.84. The van der Waals surface area contributed by atoms with Crippen molar-refractivity contribution < 1.29 is 4.74 Å². The molecule has 0 aliphatic rings. The molecule has 1 rings (SSSR count). The lowest BCUT2D eigenvalue weighted by atomic mass is 10.2. The Balaban J connectivity index is 2.20. The van der Waals surface area contributed by atoms with Crippen LogP contribution in [0.5, 0.6) is 0 Å². The van der Waals surface area contributed by atoms with Gasteiger partial charge in [0.05, 0.1) is 12.7 Å². The molecule has 78 valence electrons. The van der Waals surface area contributed by atoms with Gasteiger partial charge in [0, 0.05) is 0 Å². The highest BCUT2D eigenvalue weighted by Crippen LogP contribution is 2.04. The van der Waals surface area contributed by atoms with E-state index >= 15 is 0 Å². The lowest BCUT2D eigenvalue weighted by Crippen LogP contribution is -2.17. The van der Waals surface area contributed by atoms with E-state index in [1.807, 2.05) is 25.2 Å². The van der Waals surface area contributed by atoms with Crippen molar-refractivity contribution in [2.24, 2.45) is 0 Å². The lowest BCUT2D eigenvalue weighted by molar-refractivity contribution is 0.0481. The Morgan fingerprint density at radius 1 is 1.29 bits per heavy atom. The average Bonchev–Trinajstić information content (AvgIpc) is 2.25. The van der Waals surface area contributed by atoms with E-state index < -0.39 is 0 Å². The fraction of sp³-hybridized carbons (Fsp3) is 0.500. The summed E-state index contributed by atoms with van der Waals surface area (Å²) in [5.74, 6) is 0. The van der Waals surface area contributed by atoms with Crippen LogP contribution in [0.1, 0.15) is 18.9 Å². The van der Waals surface area contributed by atoms with Crippen molar-refractivity contribution in [1.29, 1.82) is 0 Å². The standard InChI is InChI=1S/C12H19NO/c1-11(8-9-13-2)14-10-12-6-4-3-5-7-12/h3-7,11,13H,8-10H2,1-2H3. The summed E-state index contributed by atoms with van der Waals surface area (Å²) in [5.41, 5.74) is 1.24. The fourth-order valence-electron chi connectivity index (χ4n) is 1.24. The molecule has 0 aliphatic heterocycles. The van der Waals surface area contributed by atoms with Gasteiger partial charge in [0.1, 0.15) is 0 Å². The van der Waals surface area contributed by atoms with E-state index in [1.165, 1.54) is 5.56 Å². The molecule has 1 N–H and O–H groups in total. The molecular formula is C12H19NO. The second kappa shape index (κ2) is 6.57. The molecule has 2 heteroatoms. The Labute approximate surface area is 86.3 Å². The van der Waals surface area contributed by atoms with E-state index in [4.69, 9.17) is 4.74 Å². The van der Waals surface area contributed by atoms with Crippen molar-refractivity contribution in [2.75, 3.05) is 13.6 Å². The van der Waals surface area contributed by atoms with E-state index in [0.29, 0.717) is 12.7 Å². The Bertz CT molecular complexity index is 235. The Hall–Kier alpha value is -0.860. The lowest BCUT2D eigenvalue weighted by Gasteiger charge is -2.12. The number of nitrogens with one attached hydrogen (secondary N) is 1. The van der Waals surface area contributed by atoms with Gasteiger partial charge < -0.3 is 10.1 Å². The van der Waals surface area contributed by atoms with Gasteiger partial charge in [-0.1, -0.05) is 30.3 Å². The van der Waals surface area contributed by atoms with Crippen LogP contribution in [0.2, 0.25) is 0 Å². The van der Waals surface area contributed by atoms with Crippen LogP contribution < -0.4 is 5.32 Å². The molecule has 0 amide bonds. The number of hydrogen-bond acceptors (Lipinski definition) is 2. The van der Waals surface area contributed by atoms with Crippen LogP contribution >= 0.6 is 0 Å².